The van der Waals surface area contributed by atoms with Crippen LogP contribution in [0.2, 0.25) is 0 Å². The maximum Gasteiger partial charge on any atom is 0.216 e. The molecule has 1 fully saturated rings. The van der Waals surface area contributed by atoms with E-state index < -0.39 is 10.0 Å². The van der Waals surface area contributed by atoms with Crippen LogP contribution in [-0.2, 0) is 14.8 Å². The van der Waals surface area contributed by atoms with E-state index >= 15 is 0 Å². The Kier molecular flexibility index (Phi) is 4.95. The zero-order valence-corrected chi connectivity index (χ0v) is 11.8. The van der Waals surface area contributed by atoms with Crippen molar-refractivity contribution in [3.63, 3.8) is 0 Å². The molecule has 0 saturated carbocycles. The van der Waals surface area contributed by atoms with Crippen molar-refractivity contribution in [2.24, 2.45) is 11.1 Å². The van der Waals surface area contributed by atoms with Crippen molar-refractivity contribution < 1.29 is 13.2 Å². The highest BCUT2D eigenvalue weighted by Gasteiger charge is 2.29. The third kappa shape index (κ3) is 4.54. The van der Waals surface area contributed by atoms with E-state index in [4.69, 9.17) is 10.5 Å². The molecular formula is C11H24N2O3S. The molecule has 0 bridgehead atoms. The van der Waals surface area contributed by atoms with E-state index in [1.807, 2.05) is 13.8 Å². The van der Waals surface area contributed by atoms with E-state index in [-0.39, 0.29) is 17.3 Å². The lowest BCUT2D eigenvalue weighted by Crippen LogP contribution is -2.42. The molecule has 0 aromatic heterocycles. The second-order valence-corrected chi connectivity index (χ2v) is 7.66. The molecular weight excluding hydrogens is 240 g/mol. The number of nitrogens with zero attached hydrogens (tertiary/aromatic N) is 1. The summed E-state index contributed by atoms with van der Waals surface area (Å²) in [4.78, 5) is 0. The first-order chi connectivity index (χ1) is 7.77. The van der Waals surface area contributed by atoms with Gasteiger partial charge in [0.1, 0.15) is 0 Å². The Morgan fingerprint density at radius 2 is 2.12 bits per heavy atom. The average molecular weight is 264 g/mol. The zero-order valence-electron chi connectivity index (χ0n) is 11.0. The van der Waals surface area contributed by atoms with Crippen LogP contribution in [0.5, 0.6) is 0 Å². The van der Waals surface area contributed by atoms with Crippen molar-refractivity contribution in [1.29, 1.82) is 0 Å². The lowest BCUT2D eigenvalue weighted by Gasteiger charge is -2.29. The Morgan fingerprint density at radius 1 is 1.47 bits per heavy atom. The van der Waals surface area contributed by atoms with Gasteiger partial charge in [-0.1, -0.05) is 13.8 Å². The monoisotopic (exact) mass is 264 g/mol. The molecule has 1 aliphatic heterocycles. The summed E-state index contributed by atoms with van der Waals surface area (Å²) in [6, 6.07) is 0. The van der Waals surface area contributed by atoms with E-state index in [1.54, 1.807) is 7.05 Å². The molecule has 1 saturated heterocycles. The van der Waals surface area contributed by atoms with Gasteiger partial charge in [0.2, 0.25) is 10.0 Å². The molecule has 1 atom stereocenters. The molecule has 17 heavy (non-hydrogen) atoms. The van der Waals surface area contributed by atoms with E-state index in [0.717, 1.165) is 12.8 Å². The molecule has 0 aromatic carbocycles. The molecule has 0 aliphatic carbocycles. The topological polar surface area (TPSA) is 72.6 Å². The molecule has 6 heteroatoms. The van der Waals surface area contributed by atoms with E-state index in [1.165, 1.54) is 4.31 Å². The molecule has 1 aliphatic rings. The van der Waals surface area contributed by atoms with Gasteiger partial charge in [-0.15, -0.1) is 0 Å². The van der Waals surface area contributed by atoms with Crippen LogP contribution in [0.25, 0.3) is 0 Å². The van der Waals surface area contributed by atoms with Gasteiger partial charge in [-0.2, -0.15) is 0 Å². The predicted molar refractivity (Wildman–Crippen MR) is 68.2 cm³/mol. The van der Waals surface area contributed by atoms with Crippen LogP contribution >= 0.6 is 0 Å². The maximum absolute atomic E-state index is 12.1. The van der Waals surface area contributed by atoms with Gasteiger partial charge in [-0.3, -0.25) is 0 Å². The smallest absolute Gasteiger partial charge is 0.216 e. The third-order valence-electron chi connectivity index (χ3n) is 3.10. The molecule has 0 amide bonds. The van der Waals surface area contributed by atoms with Crippen molar-refractivity contribution in [3.8, 4) is 0 Å². The average Bonchev–Trinajstić information content (AvgIpc) is 2.69. The van der Waals surface area contributed by atoms with Crippen LogP contribution in [0, 0.1) is 5.41 Å². The highest BCUT2D eigenvalue weighted by atomic mass is 32.2. The quantitative estimate of drug-likeness (QED) is 0.754. The van der Waals surface area contributed by atoms with Crippen molar-refractivity contribution in [2.75, 3.05) is 32.5 Å². The zero-order chi connectivity index (χ0) is 13.1. The molecule has 2 N–H and O–H groups in total. The summed E-state index contributed by atoms with van der Waals surface area (Å²) in [6.45, 7) is 5.51. The van der Waals surface area contributed by atoms with Gasteiger partial charge in [-0.25, -0.2) is 12.7 Å². The van der Waals surface area contributed by atoms with Crippen LogP contribution in [-0.4, -0.2) is 51.3 Å². The molecule has 1 unspecified atom stereocenters. The number of ether oxygens (including phenoxy) is 1. The van der Waals surface area contributed by atoms with Gasteiger partial charge in [0.25, 0.3) is 0 Å². The predicted octanol–water partition coefficient (Wildman–Crippen LogP) is 0.412. The maximum atomic E-state index is 12.1. The summed E-state index contributed by atoms with van der Waals surface area (Å²) in [5, 5.41) is 0. The number of sulfonamides is 1. The SMILES string of the molecule is CN(CC(C)(C)CN)S(=O)(=O)CC1CCCO1. The summed E-state index contributed by atoms with van der Waals surface area (Å²) >= 11 is 0. The van der Waals surface area contributed by atoms with Crippen molar-refractivity contribution >= 4 is 10.0 Å². The Hall–Kier alpha value is -0.170. The summed E-state index contributed by atoms with van der Waals surface area (Å²) in [6.07, 6.45) is 1.66. The normalized spacial score (nSPS) is 22.3. The lowest BCUT2D eigenvalue weighted by atomic mass is 9.94. The molecule has 1 rings (SSSR count). The Morgan fingerprint density at radius 3 is 2.59 bits per heavy atom. The van der Waals surface area contributed by atoms with E-state index in [0.29, 0.717) is 19.7 Å². The van der Waals surface area contributed by atoms with Gasteiger partial charge in [-0.05, 0) is 24.8 Å². The van der Waals surface area contributed by atoms with Crippen LogP contribution in [0.1, 0.15) is 26.7 Å². The molecule has 0 aromatic rings. The highest BCUT2D eigenvalue weighted by molar-refractivity contribution is 7.89. The van der Waals surface area contributed by atoms with Gasteiger partial charge in [0, 0.05) is 20.2 Å². The summed E-state index contributed by atoms with van der Waals surface area (Å²) in [7, 11) is -1.62. The van der Waals surface area contributed by atoms with Gasteiger partial charge < -0.3 is 10.5 Å². The second-order valence-electron chi connectivity index (χ2n) is 5.54. The Balaban J connectivity index is 2.56. The number of hydrogen-bond acceptors (Lipinski definition) is 4. The molecule has 5 nitrogen and oxygen atoms in total. The minimum absolute atomic E-state index is 0.0875. The van der Waals surface area contributed by atoms with Crippen molar-refractivity contribution in [1.82, 2.24) is 4.31 Å². The van der Waals surface area contributed by atoms with E-state index in [9.17, 15) is 8.42 Å². The Bertz CT molecular complexity index is 335. The van der Waals surface area contributed by atoms with Crippen molar-refractivity contribution in [3.05, 3.63) is 0 Å². The first-order valence-electron chi connectivity index (χ1n) is 6.02. The first kappa shape index (κ1) is 14.9. The number of hydrogen-bond donors (Lipinski definition) is 1. The van der Waals surface area contributed by atoms with Gasteiger partial charge in [0.05, 0.1) is 11.9 Å². The van der Waals surface area contributed by atoms with Gasteiger partial charge >= 0.3 is 0 Å². The minimum atomic E-state index is -3.23. The molecule has 0 radical (unpaired) electrons. The summed E-state index contributed by atoms with van der Waals surface area (Å²) < 4.78 is 30.9. The third-order valence-corrected chi connectivity index (χ3v) is 4.97. The Labute approximate surface area is 104 Å². The first-order valence-corrected chi connectivity index (χ1v) is 7.63. The van der Waals surface area contributed by atoms with E-state index in [2.05, 4.69) is 0 Å². The van der Waals surface area contributed by atoms with Crippen LogP contribution in [0.4, 0.5) is 0 Å². The fraction of sp³-hybridized carbons (Fsp3) is 1.00. The van der Waals surface area contributed by atoms with Crippen LogP contribution in [0.3, 0.4) is 0 Å². The highest BCUT2D eigenvalue weighted by Crippen LogP contribution is 2.19. The summed E-state index contributed by atoms with van der Waals surface area (Å²) in [5.74, 6) is 0.0875. The molecule has 1 heterocycles. The van der Waals surface area contributed by atoms with Crippen molar-refractivity contribution in [2.45, 2.75) is 32.8 Å². The lowest BCUT2D eigenvalue weighted by molar-refractivity contribution is 0.126. The standard InChI is InChI=1S/C11H24N2O3S/c1-11(2,8-12)9-13(3)17(14,15)7-10-5-4-6-16-10/h10H,4-9,12H2,1-3H3. The second kappa shape index (κ2) is 5.65. The number of rotatable bonds is 6. The summed E-state index contributed by atoms with van der Waals surface area (Å²) in [5.41, 5.74) is 5.42. The minimum Gasteiger partial charge on any atom is -0.377 e. The van der Waals surface area contributed by atoms with Gasteiger partial charge in [0.15, 0.2) is 0 Å². The largest absolute Gasteiger partial charge is 0.377 e. The van der Waals surface area contributed by atoms with Crippen LogP contribution < -0.4 is 5.73 Å². The fourth-order valence-corrected chi connectivity index (χ4v) is 3.44. The number of nitrogens with two attached hydrogens (primary N) is 1. The fourth-order valence-electron chi connectivity index (χ4n) is 1.90. The molecule has 0 spiro atoms. The molecule has 102 valence electrons. The van der Waals surface area contributed by atoms with Crippen LogP contribution in [0.15, 0.2) is 0 Å².